The van der Waals surface area contributed by atoms with Crippen LogP contribution in [0.2, 0.25) is 0 Å². The topological polar surface area (TPSA) is 3.24 Å². The Hall–Kier alpha value is -7.52. The lowest BCUT2D eigenvalue weighted by molar-refractivity contribution is 0.660. The van der Waals surface area contributed by atoms with Crippen LogP contribution in [0.1, 0.15) is 25.0 Å². The third-order valence-electron chi connectivity index (χ3n) is 13.3. The van der Waals surface area contributed by atoms with Crippen LogP contribution in [-0.4, -0.2) is 0 Å². The first-order valence-electron chi connectivity index (χ1n) is 21.8. The van der Waals surface area contributed by atoms with E-state index in [4.69, 9.17) is 0 Å². The SMILES string of the molecule is CC1(C)c2ccccc2-c2c(-c3ccc(N(c4ccc(-c5cccc6c5sc5ccccc56)cc4)c4ccccc4-c4cccc5cccc(-c6ccccc6)c45)cc3)cccc21. The molecule has 63 heavy (non-hydrogen) atoms. The average molecular weight is 822 g/mol. The molecule has 0 saturated carbocycles. The highest BCUT2D eigenvalue weighted by Crippen LogP contribution is 2.52. The molecule has 298 valence electrons. The van der Waals surface area contributed by atoms with Crippen LogP contribution in [0.4, 0.5) is 17.1 Å². The summed E-state index contributed by atoms with van der Waals surface area (Å²) in [6.45, 7) is 4.71. The Balaban J connectivity index is 1.03. The van der Waals surface area contributed by atoms with Gasteiger partial charge in [-0.3, -0.25) is 0 Å². The van der Waals surface area contributed by atoms with Gasteiger partial charge >= 0.3 is 0 Å². The second-order valence-electron chi connectivity index (χ2n) is 17.2. The smallest absolute Gasteiger partial charge is 0.0540 e. The van der Waals surface area contributed by atoms with Crippen molar-refractivity contribution in [2.24, 2.45) is 0 Å². The maximum atomic E-state index is 2.45. The Morgan fingerprint density at radius 1 is 0.365 bits per heavy atom. The zero-order valence-corrected chi connectivity index (χ0v) is 36.0. The minimum Gasteiger partial charge on any atom is -0.310 e. The standard InChI is InChI=1S/C61H43NS/c1-61(2)54-28-9-6-22-53(54)59-47(24-15-29-55(59)61)41-32-36-44(37-33-41)62(45-38-34-42(35-39-45)48-25-14-27-52-50-21-8-11-31-57(50)63-60(48)52)56-30-10-7-20-49(56)51-26-13-19-43-18-12-23-46(58(43)51)40-16-4-3-5-17-40/h3-39H,1-2H3. The third kappa shape index (κ3) is 6.05. The predicted octanol–water partition coefficient (Wildman–Crippen LogP) is 17.7. The molecule has 0 spiro atoms. The van der Waals surface area contributed by atoms with Crippen molar-refractivity contribution in [1.82, 2.24) is 0 Å². The van der Waals surface area contributed by atoms with Crippen molar-refractivity contribution in [2.75, 3.05) is 4.90 Å². The summed E-state index contributed by atoms with van der Waals surface area (Å²) in [4.78, 5) is 2.45. The van der Waals surface area contributed by atoms with Gasteiger partial charge in [0.2, 0.25) is 0 Å². The Bertz CT molecular complexity index is 3520. The van der Waals surface area contributed by atoms with Gasteiger partial charge in [-0.1, -0.05) is 202 Å². The van der Waals surface area contributed by atoms with E-state index in [1.807, 2.05) is 11.3 Å². The van der Waals surface area contributed by atoms with Crippen molar-refractivity contribution in [2.45, 2.75) is 19.3 Å². The van der Waals surface area contributed by atoms with Gasteiger partial charge in [0.25, 0.3) is 0 Å². The summed E-state index contributed by atoms with van der Waals surface area (Å²) in [7, 11) is 0. The number of fused-ring (bicyclic) bond motifs is 7. The molecule has 0 atom stereocenters. The molecule has 0 amide bonds. The molecule has 0 N–H and O–H groups in total. The number of para-hydroxylation sites is 1. The van der Waals surface area contributed by atoms with Crippen LogP contribution in [0.5, 0.6) is 0 Å². The van der Waals surface area contributed by atoms with Crippen molar-refractivity contribution >= 4 is 59.3 Å². The van der Waals surface area contributed by atoms with Gasteiger partial charge in [-0.2, -0.15) is 0 Å². The predicted molar refractivity (Wildman–Crippen MR) is 271 cm³/mol. The highest BCUT2D eigenvalue weighted by atomic mass is 32.1. The fraction of sp³-hybridized carbons (Fsp3) is 0.0492. The maximum absolute atomic E-state index is 2.45. The first-order valence-corrected chi connectivity index (χ1v) is 22.7. The molecular weight excluding hydrogens is 779 g/mol. The summed E-state index contributed by atoms with van der Waals surface area (Å²) < 4.78 is 2.65. The molecule has 12 rings (SSSR count). The lowest BCUT2D eigenvalue weighted by atomic mass is 9.82. The molecule has 1 aliphatic rings. The second kappa shape index (κ2) is 14.8. The van der Waals surface area contributed by atoms with E-state index in [-0.39, 0.29) is 5.41 Å². The molecule has 0 saturated heterocycles. The van der Waals surface area contributed by atoms with Crippen LogP contribution in [0.3, 0.4) is 0 Å². The molecule has 11 aromatic rings. The monoisotopic (exact) mass is 821 g/mol. The van der Waals surface area contributed by atoms with Gasteiger partial charge in [-0.25, -0.2) is 0 Å². The van der Waals surface area contributed by atoms with Gasteiger partial charge in [0, 0.05) is 42.5 Å². The molecule has 0 radical (unpaired) electrons. The number of nitrogens with zero attached hydrogens (tertiary/aromatic N) is 1. The normalized spacial score (nSPS) is 12.7. The van der Waals surface area contributed by atoms with Gasteiger partial charge in [-0.15, -0.1) is 11.3 Å². The molecule has 0 aliphatic heterocycles. The first-order chi connectivity index (χ1) is 31.0. The van der Waals surface area contributed by atoms with E-state index >= 15 is 0 Å². The van der Waals surface area contributed by atoms with Crippen LogP contribution >= 0.6 is 11.3 Å². The highest BCUT2D eigenvalue weighted by Gasteiger charge is 2.36. The summed E-state index contributed by atoms with van der Waals surface area (Å²) in [6.07, 6.45) is 0. The maximum Gasteiger partial charge on any atom is 0.0540 e. The van der Waals surface area contributed by atoms with E-state index < -0.39 is 0 Å². The minimum atomic E-state index is -0.0565. The van der Waals surface area contributed by atoms with Crippen molar-refractivity contribution in [1.29, 1.82) is 0 Å². The van der Waals surface area contributed by atoms with E-state index in [0.717, 1.165) is 17.1 Å². The summed E-state index contributed by atoms with van der Waals surface area (Å²) in [5.74, 6) is 0. The Morgan fingerprint density at radius 2 is 0.889 bits per heavy atom. The fourth-order valence-corrected chi connectivity index (χ4v) is 11.5. The summed E-state index contributed by atoms with van der Waals surface area (Å²) in [6, 6.07) is 82.8. The van der Waals surface area contributed by atoms with Crippen LogP contribution < -0.4 is 4.90 Å². The molecule has 0 unspecified atom stereocenters. The highest BCUT2D eigenvalue weighted by molar-refractivity contribution is 7.26. The Labute approximate surface area is 372 Å². The molecule has 0 bridgehead atoms. The average Bonchev–Trinajstić information content (AvgIpc) is 3.84. The first kappa shape index (κ1) is 37.3. The minimum absolute atomic E-state index is 0.0565. The fourth-order valence-electron chi connectivity index (χ4n) is 10.3. The molecule has 1 nitrogen and oxygen atoms in total. The number of rotatable bonds is 7. The van der Waals surface area contributed by atoms with Crippen LogP contribution in [0.25, 0.3) is 86.6 Å². The Morgan fingerprint density at radius 3 is 1.67 bits per heavy atom. The molecule has 1 aromatic heterocycles. The van der Waals surface area contributed by atoms with Crippen LogP contribution in [0.15, 0.2) is 224 Å². The van der Waals surface area contributed by atoms with Gasteiger partial charge in [0.15, 0.2) is 0 Å². The number of hydrogen-bond donors (Lipinski definition) is 0. The lowest BCUT2D eigenvalue weighted by Crippen LogP contribution is -2.14. The number of anilines is 3. The Kier molecular flexibility index (Phi) is 8.77. The second-order valence-corrected chi connectivity index (χ2v) is 18.3. The molecular formula is C61H43NS. The molecule has 10 aromatic carbocycles. The molecule has 2 heteroatoms. The van der Waals surface area contributed by atoms with Gasteiger partial charge in [-0.05, 0) is 108 Å². The van der Waals surface area contributed by atoms with E-state index in [0.29, 0.717) is 0 Å². The zero-order chi connectivity index (χ0) is 42.1. The van der Waals surface area contributed by atoms with Crippen molar-refractivity contribution in [3.05, 3.63) is 236 Å². The molecule has 0 fully saturated rings. The lowest BCUT2D eigenvalue weighted by Gasteiger charge is -2.29. The van der Waals surface area contributed by atoms with Crippen LogP contribution in [0, 0.1) is 0 Å². The third-order valence-corrected chi connectivity index (χ3v) is 14.5. The zero-order valence-electron chi connectivity index (χ0n) is 35.2. The van der Waals surface area contributed by atoms with Gasteiger partial charge < -0.3 is 4.90 Å². The molecule has 1 aliphatic carbocycles. The van der Waals surface area contributed by atoms with Crippen molar-refractivity contribution < 1.29 is 0 Å². The van der Waals surface area contributed by atoms with E-state index in [1.54, 1.807) is 0 Å². The van der Waals surface area contributed by atoms with E-state index in [2.05, 4.69) is 243 Å². The summed E-state index contributed by atoms with van der Waals surface area (Å²) in [5.41, 5.74) is 18.5. The van der Waals surface area contributed by atoms with Crippen molar-refractivity contribution in [3.8, 4) is 55.6 Å². The summed E-state index contributed by atoms with van der Waals surface area (Å²) >= 11 is 1.88. The largest absolute Gasteiger partial charge is 0.310 e. The number of thiophene rings is 1. The van der Waals surface area contributed by atoms with Crippen LogP contribution in [-0.2, 0) is 5.41 Å². The van der Waals surface area contributed by atoms with E-state index in [9.17, 15) is 0 Å². The number of benzene rings is 10. The van der Waals surface area contributed by atoms with Crippen molar-refractivity contribution in [3.63, 3.8) is 0 Å². The van der Waals surface area contributed by atoms with Gasteiger partial charge in [0.1, 0.15) is 0 Å². The molecule has 1 heterocycles. The quantitative estimate of drug-likeness (QED) is 0.155. The van der Waals surface area contributed by atoms with Gasteiger partial charge in [0.05, 0.1) is 5.69 Å². The summed E-state index contributed by atoms with van der Waals surface area (Å²) in [5, 5.41) is 5.11. The van der Waals surface area contributed by atoms with E-state index in [1.165, 1.54) is 97.7 Å². The number of hydrogen-bond acceptors (Lipinski definition) is 2.